The predicted molar refractivity (Wildman–Crippen MR) is 99.7 cm³/mol. The molecule has 130 valence electrons. The molecule has 1 saturated carbocycles. The topological polar surface area (TPSA) is 75.3 Å². The Balaban J connectivity index is 1.66. The lowest BCUT2D eigenvalue weighted by atomic mass is 9.87. The van der Waals surface area contributed by atoms with Crippen LogP contribution in [-0.2, 0) is 6.54 Å². The summed E-state index contributed by atoms with van der Waals surface area (Å²) in [6.07, 6.45) is 9.65. The summed E-state index contributed by atoms with van der Waals surface area (Å²) in [4.78, 5) is 8.67. The molecule has 0 aromatic carbocycles. The van der Waals surface area contributed by atoms with Crippen molar-refractivity contribution >= 4 is 27.4 Å². The summed E-state index contributed by atoms with van der Waals surface area (Å²) in [6.45, 7) is 0.580. The third-order valence-electron chi connectivity index (χ3n) is 4.76. The maximum Gasteiger partial charge on any atom is 0.211 e. The molecule has 0 saturated heterocycles. The number of halogens is 1. The third kappa shape index (κ3) is 3.46. The van der Waals surface area contributed by atoms with Gasteiger partial charge in [-0.05, 0) is 40.4 Å². The van der Waals surface area contributed by atoms with E-state index < -0.39 is 0 Å². The molecule has 0 aliphatic heterocycles. The van der Waals surface area contributed by atoms with Gasteiger partial charge in [0.05, 0.1) is 10.7 Å². The van der Waals surface area contributed by atoms with Gasteiger partial charge in [-0.25, -0.2) is 9.97 Å². The van der Waals surface area contributed by atoms with Gasteiger partial charge in [0, 0.05) is 36.5 Å². The molecule has 3 heterocycles. The number of pyridine rings is 1. The number of fused-ring (bicyclic) bond motifs is 1. The van der Waals surface area contributed by atoms with E-state index >= 15 is 0 Å². The highest BCUT2D eigenvalue weighted by atomic mass is 79.9. The van der Waals surface area contributed by atoms with Crippen molar-refractivity contribution in [1.29, 1.82) is 0 Å². The summed E-state index contributed by atoms with van der Waals surface area (Å²) in [5, 5.41) is 17.4. The predicted octanol–water partition coefficient (Wildman–Crippen LogP) is 4.25. The maximum absolute atomic E-state index is 9.53. The molecule has 0 amide bonds. The fourth-order valence-corrected chi connectivity index (χ4v) is 3.80. The zero-order valence-corrected chi connectivity index (χ0v) is 15.4. The first kappa shape index (κ1) is 16.3. The Labute approximate surface area is 154 Å². The van der Waals surface area contributed by atoms with E-state index in [0.29, 0.717) is 12.5 Å². The van der Waals surface area contributed by atoms with Gasteiger partial charge >= 0.3 is 0 Å². The van der Waals surface area contributed by atoms with Gasteiger partial charge < -0.3 is 10.4 Å². The molecular formula is C18H20BrN5O. The highest BCUT2D eigenvalue weighted by Crippen LogP contribution is 2.33. The van der Waals surface area contributed by atoms with Crippen molar-refractivity contribution in [1.82, 2.24) is 19.6 Å². The van der Waals surface area contributed by atoms with Crippen LogP contribution < -0.4 is 5.32 Å². The number of hydrogen-bond donors (Lipinski definition) is 2. The standard InChI is InChI=1S/C18H20BrN5O/c19-14-11-22-24-16(21-10-12-6-7-20-17(25)8-12)9-15(23-18(14)24)13-4-2-1-3-5-13/h6-9,11,13,21H,1-5,10H2,(H,20,25). The molecule has 7 heteroatoms. The van der Waals surface area contributed by atoms with Gasteiger partial charge in [0.2, 0.25) is 5.88 Å². The monoisotopic (exact) mass is 401 g/mol. The van der Waals surface area contributed by atoms with Crippen LogP contribution in [0.5, 0.6) is 5.88 Å². The van der Waals surface area contributed by atoms with E-state index in [1.165, 1.54) is 32.1 Å². The SMILES string of the molecule is Oc1cc(CNc2cc(C3CCCCC3)nc3c(Br)cnn23)ccn1. The average molecular weight is 402 g/mol. The molecule has 0 spiro atoms. The lowest BCUT2D eigenvalue weighted by Crippen LogP contribution is -2.11. The summed E-state index contributed by atoms with van der Waals surface area (Å²) in [6, 6.07) is 5.65. The molecule has 0 bridgehead atoms. The zero-order chi connectivity index (χ0) is 17.2. The number of anilines is 1. The highest BCUT2D eigenvalue weighted by molar-refractivity contribution is 9.10. The molecule has 0 atom stereocenters. The van der Waals surface area contributed by atoms with E-state index in [-0.39, 0.29) is 5.88 Å². The molecule has 25 heavy (non-hydrogen) atoms. The van der Waals surface area contributed by atoms with Crippen molar-refractivity contribution in [3.8, 4) is 5.88 Å². The summed E-state index contributed by atoms with van der Waals surface area (Å²) >= 11 is 3.55. The maximum atomic E-state index is 9.53. The number of hydrogen-bond acceptors (Lipinski definition) is 5. The van der Waals surface area contributed by atoms with Crippen LogP contribution in [0.15, 0.2) is 35.1 Å². The van der Waals surface area contributed by atoms with Crippen LogP contribution in [0.25, 0.3) is 5.65 Å². The molecule has 6 nitrogen and oxygen atoms in total. The normalized spacial score (nSPS) is 15.6. The van der Waals surface area contributed by atoms with Crippen LogP contribution in [0.2, 0.25) is 0 Å². The number of aromatic nitrogens is 4. The van der Waals surface area contributed by atoms with E-state index in [1.807, 2.05) is 10.6 Å². The van der Waals surface area contributed by atoms with Crippen LogP contribution in [0.3, 0.4) is 0 Å². The van der Waals surface area contributed by atoms with E-state index in [4.69, 9.17) is 4.98 Å². The Morgan fingerprint density at radius 2 is 2.08 bits per heavy atom. The van der Waals surface area contributed by atoms with Crippen molar-refractivity contribution in [3.05, 3.63) is 46.3 Å². The molecular weight excluding hydrogens is 382 g/mol. The van der Waals surface area contributed by atoms with Gasteiger partial charge in [-0.3, -0.25) is 0 Å². The Morgan fingerprint density at radius 1 is 1.24 bits per heavy atom. The van der Waals surface area contributed by atoms with E-state index in [0.717, 1.165) is 27.2 Å². The van der Waals surface area contributed by atoms with Gasteiger partial charge in [-0.1, -0.05) is 19.3 Å². The van der Waals surface area contributed by atoms with Crippen molar-refractivity contribution < 1.29 is 5.11 Å². The molecule has 1 fully saturated rings. The lowest BCUT2D eigenvalue weighted by molar-refractivity contribution is 0.437. The second-order valence-electron chi connectivity index (χ2n) is 6.50. The largest absolute Gasteiger partial charge is 0.493 e. The summed E-state index contributed by atoms with van der Waals surface area (Å²) < 4.78 is 2.71. The van der Waals surface area contributed by atoms with E-state index in [9.17, 15) is 5.11 Å². The van der Waals surface area contributed by atoms with Crippen LogP contribution in [-0.4, -0.2) is 24.7 Å². The van der Waals surface area contributed by atoms with Gasteiger partial charge in [0.15, 0.2) is 5.65 Å². The summed E-state index contributed by atoms with van der Waals surface area (Å²) in [5.41, 5.74) is 2.93. The summed E-state index contributed by atoms with van der Waals surface area (Å²) in [5.74, 6) is 1.46. The number of nitrogens with zero attached hydrogens (tertiary/aromatic N) is 4. The quantitative estimate of drug-likeness (QED) is 0.683. The fraction of sp³-hybridized carbons (Fsp3) is 0.389. The molecule has 2 N–H and O–H groups in total. The second kappa shape index (κ2) is 7.00. The molecule has 3 aromatic heterocycles. The van der Waals surface area contributed by atoms with Gasteiger partial charge in [-0.15, -0.1) is 0 Å². The van der Waals surface area contributed by atoms with Crippen molar-refractivity contribution in [2.75, 3.05) is 5.32 Å². The van der Waals surface area contributed by atoms with Gasteiger partial charge in [0.25, 0.3) is 0 Å². The van der Waals surface area contributed by atoms with Gasteiger partial charge in [0.1, 0.15) is 5.82 Å². The number of rotatable bonds is 4. The molecule has 4 rings (SSSR count). The Morgan fingerprint density at radius 3 is 2.88 bits per heavy atom. The number of nitrogens with one attached hydrogen (secondary N) is 1. The third-order valence-corrected chi connectivity index (χ3v) is 5.31. The average Bonchev–Trinajstić information content (AvgIpc) is 3.02. The molecule has 1 aliphatic carbocycles. The van der Waals surface area contributed by atoms with Crippen molar-refractivity contribution in [3.63, 3.8) is 0 Å². The Hall–Kier alpha value is -2.15. The van der Waals surface area contributed by atoms with Gasteiger partial charge in [-0.2, -0.15) is 9.61 Å². The lowest BCUT2D eigenvalue weighted by Gasteiger charge is -2.22. The summed E-state index contributed by atoms with van der Waals surface area (Å²) in [7, 11) is 0. The molecule has 0 unspecified atom stereocenters. The van der Waals surface area contributed by atoms with E-state index in [2.05, 4.69) is 37.4 Å². The van der Waals surface area contributed by atoms with Crippen LogP contribution in [0.1, 0.15) is 49.3 Å². The first-order valence-corrected chi connectivity index (χ1v) is 9.42. The minimum atomic E-state index is 0.0314. The number of aromatic hydroxyl groups is 1. The minimum absolute atomic E-state index is 0.0314. The van der Waals surface area contributed by atoms with E-state index in [1.54, 1.807) is 18.5 Å². The first-order valence-electron chi connectivity index (χ1n) is 8.62. The second-order valence-corrected chi connectivity index (χ2v) is 7.36. The molecule has 3 aromatic rings. The first-order chi connectivity index (χ1) is 12.2. The highest BCUT2D eigenvalue weighted by Gasteiger charge is 2.20. The Bertz CT molecular complexity index is 888. The molecule has 0 radical (unpaired) electrons. The van der Waals surface area contributed by atoms with Crippen molar-refractivity contribution in [2.24, 2.45) is 0 Å². The fourth-order valence-electron chi connectivity index (χ4n) is 3.45. The smallest absolute Gasteiger partial charge is 0.211 e. The Kier molecular flexibility index (Phi) is 4.57. The van der Waals surface area contributed by atoms with Crippen LogP contribution in [0.4, 0.5) is 5.82 Å². The minimum Gasteiger partial charge on any atom is -0.493 e. The van der Waals surface area contributed by atoms with Crippen molar-refractivity contribution in [2.45, 2.75) is 44.6 Å². The van der Waals surface area contributed by atoms with Crippen LogP contribution >= 0.6 is 15.9 Å². The van der Waals surface area contributed by atoms with Crippen LogP contribution in [0, 0.1) is 0 Å². The molecule has 1 aliphatic rings. The zero-order valence-electron chi connectivity index (χ0n) is 13.8.